The van der Waals surface area contributed by atoms with Gasteiger partial charge in [-0.1, -0.05) is 18.2 Å². The second kappa shape index (κ2) is 5.74. The van der Waals surface area contributed by atoms with E-state index in [0.717, 1.165) is 17.2 Å². The van der Waals surface area contributed by atoms with Gasteiger partial charge in [-0.05, 0) is 43.2 Å². The van der Waals surface area contributed by atoms with Crippen LogP contribution in [0.4, 0.5) is 4.39 Å². The highest BCUT2D eigenvalue weighted by Crippen LogP contribution is 2.21. The van der Waals surface area contributed by atoms with Gasteiger partial charge in [0.25, 0.3) is 0 Å². The fourth-order valence-corrected chi connectivity index (χ4v) is 1.82. The van der Waals surface area contributed by atoms with Crippen LogP contribution in [0.3, 0.4) is 0 Å². The number of aryl methyl sites for hydroxylation is 2. The van der Waals surface area contributed by atoms with Crippen LogP contribution < -0.4 is 4.74 Å². The molecule has 0 aliphatic rings. The van der Waals surface area contributed by atoms with E-state index >= 15 is 0 Å². The van der Waals surface area contributed by atoms with Crippen molar-refractivity contribution in [2.45, 2.75) is 20.5 Å². The molecule has 2 aromatic rings. The number of carboxylic acid groups (broad SMARTS) is 1. The zero-order valence-electron chi connectivity index (χ0n) is 11.3. The van der Waals surface area contributed by atoms with Crippen molar-refractivity contribution in [1.29, 1.82) is 0 Å². The molecule has 0 aliphatic heterocycles. The number of hydrogen-bond acceptors (Lipinski definition) is 2. The first-order valence-corrected chi connectivity index (χ1v) is 6.19. The predicted octanol–water partition coefficient (Wildman–Crippen LogP) is 3.72. The number of halogens is 1. The fourth-order valence-electron chi connectivity index (χ4n) is 1.82. The van der Waals surface area contributed by atoms with Gasteiger partial charge >= 0.3 is 5.97 Å². The molecule has 0 atom stereocenters. The van der Waals surface area contributed by atoms with Gasteiger partial charge in [-0.15, -0.1) is 0 Å². The van der Waals surface area contributed by atoms with Crippen LogP contribution in [-0.4, -0.2) is 11.1 Å². The Morgan fingerprint density at radius 3 is 2.60 bits per heavy atom. The maximum atomic E-state index is 13.7. The second-order valence-electron chi connectivity index (χ2n) is 4.67. The monoisotopic (exact) mass is 274 g/mol. The van der Waals surface area contributed by atoms with Gasteiger partial charge in [0.1, 0.15) is 18.2 Å². The molecular formula is C16H15FO3. The largest absolute Gasteiger partial charge is 0.489 e. The summed E-state index contributed by atoms with van der Waals surface area (Å²) in [5.41, 5.74) is 2.29. The molecule has 0 aromatic heterocycles. The molecule has 0 saturated carbocycles. The Hall–Kier alpha value is -2.36. The number of aromatic carboxylic acids is 1. The van der Waals surface area contributed by atoms with E-state index in [-0.39, 0.29) is 12.2 Å². The van der Waals surface area contributed by atoms with E-state index in [2.05, 4.69) is 0 Å². The van der Waals surface area contributed by atoms with Crippen LogP contribution in [0.15, 0.2) is 36.4 Å². The van der Waals surface area contributed by atoms with Gasteiger partial charge in [-0.25, -0.2) is 9.18 Å². The van der Waals surface area contributed by atoms with E-state index in [1.807, 2.05) is 32.0 Å². The van der Waals surface area contributed by atoms with Gasteiger partial charge in [-0.3, -0.25) is 0 Å². The average molecular weight is 274 g/mol. The molecule has 104 valence electrons. The second-order valence-corrected chi connectivity index (χ2v) is 4.67. The number of hydrogen-bond donors (Lipinski definition) is 1. The molecule has 2 aromatic carbocycles. The lowest BCUT2D eigenvalue weighted by Gasteiger charge is -2.11. The molecule has 0 unspecified atom stereocenters. The lowest BCUT2D eigenvalue weighted by Crippen LogP contribution is -2.03. The first-order chi connectivity index (χ1) is 9.47. The zero-order valence-corrected chi connectivity index (χ0v) is 11.3. The highest BCUT2D eigenvalue weighted by Gasteiger charge is 2.09. The van der Waals surface area contributed by atoms with Gasteiger partial charge in [-0.2, -0.15) is 0 Å². The summed E-state index contributed by atoms with van der Waals surface area (Å²) in [4.78, 5) is 10.7. The van der Waals surface area contributed by atoms with Crippen LogP contribution in [0.1, 0.15) is 27.0 Å². The molecule has 1 N–H and O–H groups in total. The van der Waals surface area contributed by atoms with Crippen LogP contribution in [0.5, 0.6) is 5.75 Å². The minimum Gasteiger partial charge on any atom is -0.489 e. The van der Waals surface area contributed by atoms with Crippen molar-refractivity contribution in [2.75, 3.05) is 0 Å². The molecule has 0 aliphatic carbocycles. The van der Waals surface area contributed by atoms with E-state index < -0.39 is 11.8 Å². The summed E-state index contributed by atoms with van der Waals surface area (Å²) in [6.45, 7) is 3.93. The van der Waals surface area contributed by atoms with Crippen molar-refractivity contribution in [3.8, 4) is 5.75 Å². The third-order valence-corrected chi connectivity index (χ3v) is 3.03. The van der Waals surface area contributed by atoms with E-state index in [0.29, 0.717) is 11.3 Å². The molecule has 3 nitrogen and oxygen atoms in total. The van der Waals surface area contributed by atoms with Crippen molar-refractivity contribution >= 4 is 5.97 Å². The molecule has 4 heteroatoms. The number of benzene rings is 2. The number of carbonyl (C=O) groups is 1. The first kappa shape index (κ1) is 14.1. The fraction of sp³-hybridized carbons (Fsp3) is 0.188. The number of rotatable bonds is 4. The summed E-state index contributed by atoms with van der Waals surface area (Å²) in [5, 5.41) is 8.78. The van der Waals surface area contributed by atoms with Crippen molar-refractivity contribution < 1.29 is 19.0 Å². The molecule has 0 spiro atoms. The summed E-state index contributed by atoms with van der Waals surface area (Å²) in [6.07, 6.45) is 0. The summed E-state index contributed by atoms with van der Waals surface area (Å²) in [6, 6.07) is 9.61. The van der Waals surface area contributed by atoms with E-state index in [1.165, 1.54) is 12.1 Å². The Bertz CT molecular complexity index is 650. The molecule has 0 radical (unpaired) electrons. The Morgan fingerprint density at radius 1 is 1.20 bits per heavy atom. The highest BCUT2D eigenvalue weighted by atomic mass is 19.1. The smallest absolute Gasteiger partial charge is 0.335 e. The zero-order chi connectivity index (χ0) is 14.7. The standard InChI is InChI=1S/C16H15FO3/c1-10-3-4-11(2)15(7-10)20-9-13-6-5-12(16(18)19)8-14(13)17/h3-8H,9H2,1-2H3,(H,18,19). The third kappa shape index (κ3) is 3.15. The summed E-state index contributed by atoms with van der Waals surface area (Å²) in [5.74, 6) is -1.02. The minimum atomic E-state index is -1.15. The third-order valence-electron chi connectivity index (χ3n) is 3.03. The Balaban J connectivity index is 2.15. The van der Waals surface area contributed by atoms with Crippen molar-refractivity contribution in [2.24, 2.45) is 0 Å². The van der Waals surface area contributed by atoms with Crippen LogP contribution in [0, 0.1) is 19.7 Å². The minimum absolute atomic E-state index is 0.0655. The molecule has 0 fully saturated rings. The van der Waals surface area contributed by atoms with Gasteiger partial charge in [0.15, 0.2) is 0 Å². The Morgan fingerprint density at radius 2 is 1.95 bits per heavy atom. The van der Waals surface area contributed by atoms with Crippen LogP contribution in [0.25, 0.3) is 0 Å². The normalized spacial score (nSPS) is 10.3. The SMILES string of the molecule is Cc1ccc(C)c(OCc2ccc(C(=O)O)cc2F)c1. The highest BCUT2D eigenvalue weighted by molar-refractivity contribution is 5.87. The van der Waals surface area contributed by atoms with Gasteiger partial charge < -0.3 is 9.84 Å². The Kier molecular flexibility index (Phi) is 4.03. The molecule has 0 saturated heterocycles. The lowest BCUT2D eigenvalue weighted by atomic mass is 10.1. The first-order valence-electron chi connectivity index (χ1n) is 6.19. The van der Waals surface area contributed by atoms with E-state index in [4.69, 9.17) is 9.84 Å². The predicted molar refractivity (Wildman–Crippen MR) is 73.6 cm³/mol. The molecule has 0 heterocycles. The molecule has 2 rings (SSSR count). The van der Waals surface area contributed by atoms with Crippen molar-refractivity contribution in [3.05, 3.63) is 64.5 Å². The van der Waals surface area contributed by atoms with Crippen LogP contribution in [-0.2, 0) is 6.61 Å². The van der Waals surface area contributed by atoms with Gasteiger partial charge in [0, 0.05) is 5.56 Å². The maximum absolute atomic E-state index is 13.7. The Labute approximate surface area is 116 Å². The summed E-state index contributed by atoms with van der Waals surface area (Å²) >= 11 is 0. The van der Waals surface area contributed by atoms with Crippen molar-refractivity contribution in [1.82, 2.24) is 0 Å². The number of carboxylic acids is 1. The summed E-state index contributed by atoms with van der Waals surface area (Å²) in [7, 11) is 0. The average Bonchev–Trinajstić information content (AvgIpc) is 2.40. The lowest BCUT2D eigenvalue weighted by molar-refractivity contribution is 0.0696. The van der Waals surface area contributed by atoms with Crippen molar-refractivity contribution in [3.63, 3.8) is 0 Å². The van der Waals surface area contributed by atoms with E-state index in [1.54, 1.807) is 0 Å². The van der Waals surface area contributed by atoms with Gasteiger partial charge in [0.05, 0.1) is 5.56 Å². The number of ether oxygens (including phenoxy) is 1. The van der Waals surface area contributed by atoms with Crippen LogP contribution >= 0.6 is 0 Å². The molecular weight excluding hydrogens is 259 g/mol. The van der Waals surface area contributed by atoms with Gasteiger partial charge in [0.2, 0.25) is 0 Å². The van der Waals surface area contributed by atoms with Crippen LogP contribution in [0.2, 0.25) is 0 Å². The molecule has 20 heavy (non-hydrogen) atoms. The maximum Gasteiger partial charge on any atom is 0.335 e. The van der Waals surface area contributed by atoms with E-state index in [9.17, 15) is 9.18 Å². The topological polar surface area (TPSA) is 46.5 Å². The quantitative estimate of drug-likeness (QED) is 0.924. The molecule has 0 bridgehead atoms. The summed E-state index contributed by atoms with van der Waals surface area (Å²) < 4.78 is 19.3. The molecule has 0 amide bonds.